The SMILES string of the molecule is CCCOc1c[c]ccc1.COc1c[c]ccc1.Cn1ncc2[c]cccc21.NCc1c[c]ccc1.[c]1ccccc1.[c]1ccccc1. The van der Waals surface area contributed by atoms with Crippen LogP contribution in [0.2, 0.25) is 0 Å². The van der Waals surface area contributed by atoms with Crippen LogP contribution in [0.3, 0.4) is 0 Å². The molecule has 6 aromatic carbocycles. The average molecular weight is 634 g/mol. The van der Waals surface area contributed by atoms with E-state index in [9.17, 15) is 0 Å². The fourth-order valence-electron chi connectivity index (χ4n) is 3.46. The number of hydrogen-bond acceptors (Lipinski definition) is 4. The first-order chi connectivity index (χ1) is 23.7. The molecule has 0 fully saturated rings. The molecule has 7 aromatic rings. The molecule has 5 heteroatoms. The molecule has 0 unspecified atom stereocenters. The van der Waals surface area contributed by atoms with Gasteiger partial charge in [0.1, 0.15) is 11.5 Å². The number of nitrogens with two attached hydrogens (primary N) is 1. The number of methoxy groups -OCH3 is 1. The molecule has 0 bridgehead atoms. The van der Waals surface area contributed by atoms with Gasteiger partial charge in [-0.25, -0.2) is 0 Å². The maximum atomic E-state index is 5.33. The van der Waals surface area contributed by atoms with Crippen molar-refractivity contribution in [2.75, 3.05) is 13.7 Å². The number of hydrogen-bond donors (Lipinski definition) is 1. The molecular weight excluding hydrogens is 590 g/mol. The number of nitrogens with zero attached hydrogens (tertiary/aromatic N) is 2. The summed E-state index contributed by atoms with van der Waals surface area (Å²) in [6.07, 6.45) is 2.87. The van der Waals surface area contributed by atoms with Crippen molar-refractivity contribution in [1.29, 1.82) is 0 Å². The summed E-state index contributed by atoms with van der Waals surface area (Å²) >= 11 is 0. The molecule has 5 nitrogen and oxygen atoms in total. The minimum Gasteiger partial charge on any atom is -0.497 e. The number of aromatic nitrogens is 2. The Morgan fingerprint density at radius 3 is 1.56 bits per heavy atom. The van der Waals surface area contributed by atoms with E-state index in [1.165, 1.54) is 0 Å². The first kappa shape index (κ1) is 38.5. The van der Waals surface area contributed by atoms with Gasteiger partial charge in [0, 0.05) is 19.0 Å². The van der Waals surface area contributed by atoms with E-state index in [2.05, 4.69) is 48.4 Å². The second kappa shape index (κ2) is 26.6. The topological polar surface area (TPSA) is 62.3 Å². The Bertz CT molecular complexity index is 1540. The standard InChI is InChI=1S/C9H11O.C8H7N2.C7H8N.C7H7O.2C6H5/c1-2-8-10-9-6-4-3-5-7-9;1-10-8-5-3-2-4-7(8)6-9-10;8-6-7-4-2-1-3-5-7;1-8-7-5-3-2-4-6-7;2*1-2-4-6-5-3-1/h3-4,6-7H,2,8H2,1H3;2-3,5-6H,1H3;1-2,4-5H,6,8H2;2-3,5-6H,1H3;2*1-5H. The molecule has 1 heterocycles. The number of aryl methyl sites for hydroxylation is 1. The van der Waals surface area contributed by atoms with Crippen molar-refractivity contribution in [1.82, 2.24) is 9.78 Å². The van der Waals surface area contributed by atoms with Gasteiger partial charge in [-0.1, -0.05) is 122 Å². The Morgan fingerprint density at radius 1 is 0.646 bits per heavy atom. The van der Waals surface area contributed by atoms with Crippen LogP contribution in [0.5, 0.6) is 11.5 Å². The molecule has 0 saturated carbocycles. The Labute approximate surface area is 287 Å². The van der Waals surface area contributed by atoms with Gasteiger partial charge in [0.25, 0.3) is 0 Å². The Kier molecular flexibility index (Phi) is 21.3. The second-order valence-corrected chi connectivity index (χ2v) is 9.54. The largest absolute Gasteiger partial charge is 0.497 e. The summed E-state index contributed by atoms with van der Waals surface area (Å²) in [5.74, 6) is 1.76. The zero-order valence-corrected chi connectivity index (χ0v) is 27.9. The first-order valence-corrected chi connectivity index (χ1v) is 15.5. The normalized spacial score (nSPS) is 9.08. The maximum absolute atomic E-state index is 5.33. The number of fused-ring (bicyclic) bond motifs is 1. The summed E-state index contributed by atoms with van der Waals surface area (Å²) in [6, 6.07) is 65.4. The predicted octanol–water partition coefficient (Wildman–Crippen LogP) is 9.06. The molecule has 242 valence electrons. The third-order valence-electron chi connectivity index (χ3n) is 5.86. The van der Waals surface area contributed by atoms with E-state index in [-0.39, 0.29) is 0 Å². The summed E-state index contributed by atoms with van der Waals surface area (Å²) in [5.41, 5.74) is 7.59. The summed E-state index contributed by atoms with van der Waals surface area (Å²) in [5, 5.41) is 5.16. The van der Waals surface area contributed by atoms with Crippen LogP contribution >= 0.6 is 0 Å². The maximum Gasteiger partial charge on any atom is 0.119 e. The predicted molar refractivity (Wildman–Crippen MR) is 196 cm³/mol. The fourth-order valence-corrected chi connectivity index (χ4v) is 3.46. The zero-order valence-electron chi connectivity index (χ0n) is 27.9. The molecule has 7 rings (SSSR count). The van der Waals surface area contributed by atoms with Gasteiger partial charge in [-0.05, 0) is 84.8 Å². The third-order valence-corrected chi connectivity index (χ3v) is 5.86. The van der Waals surface area contributed by atoms with Crippen LogP contribution in [0.1, 0.15) is 18.9 Å². The molecule has 1 aromatic heterocycles. The molecule has 2 N–H and O–H groups in total. The zero-order chi connectivity index (χ0) is 34.3. The van der Waals surface area contributed by atoms with Crippen LogP contribution in [-0.2, 0) is 13.6 Å². The quantitative estimate of drug-likeness (QED) is 0.205. The highest BCUT2D eigenvalue weighted by Gasteiger charge is 1.94. The van der Waals surface area contributed by atoms with Crippen molar-refractivity contribution in [2.24, 2.45) is 12.8 Å². The Morgan fingerprint density at radius 2 is 1.19 bits per heavy atom. The number of benzene rings is 6. The minimum absolute atomic E-state index is 0.608. The molecule has 0 aliphatic rings. The summed E-state index contributed by atoms with van der Waals surface area (Å²) in [4.78, 5) is 0. The van der Waals surface area contributed by atoms with Gasteiger partial charge in [-0.3, -0.25) is 4.68 Å². The second-order valence-electron chi connectivity index (χ2n) is 9.54. The van der Waals surface area contributed by atoms with E-state index in [1.807, 2.05) is 164 Å². The van der Waals surface area contributed by atoms with E-state index in [0.29, 0.717) is 6.54 Å². The van der Waals surface area contributed by atoms with Gasteiger partial charge in [0.05, 0.1) is 25.4 Å². The van der Waals surface area contributed by atoms with Gasteiger partial charge in [0.15, 0.2) is 0 Å². The van der Waals surface area contributed by atoms with Crippen molar-refractivity contribution in [2.45, 2.75) is 19.9 Å². The molecule has 0 atom stereocenters. The Hall–Kier alpha value is -5.65. The van der Waals surface area contributed by atoms with Crippen LogP contribution in [0.25, 0.3) is 10.9 Å². The lowest BCUT2D eigenvalue weighted by Gasteiger charge is -2.01. The number of ether oxygens (including phenoxy) is 2. The van der Waals surface area contributed by atoms with Gasteiger partial charge in [-0.2, -0.15) is 5.10 Å². The van der Waals surface area contributed by atoms with Crippen LogP contribution in [0.4, 0.5) is 0 Å². The van der Waals surface area contributed by atoms with E-state index < -0.39 is 0 Å². The van der Waals surface area contributed by atoms with E-state index >= 15 is 0 Å². The molecule has 0 aliphatic heterocycles. The highest BCUT2D eigenvalue weighted by atomic mass is 16.5. The summed E-state index contributed by atoms with van der Waals surface area (Å²) < 4.78 is 12.0. The van der Waals surface area contributed by atoms with E-state index in [0.717, 1.165) is 41.0 Å². The van der Waals surface area contributed by atoms with Crippen LogP contribution in [-0.4, -0.2) is 23.5 Å². The van der Waals surface area contributed by atoms with Crippen molar-refractivity contribution >= 4 is 10.9 Å². The molecular formula is C43H43N3O2. The van der Waals surface area contributed by atoms with E-state index in [4.69, 9.17) is 15.2 Å². The van der Waals surface area contributed by atoms with Crippen molar-refractivity contribution < 1.29 is 9.47 Å². The fraction of sp³-hybridized carbons (Fsp3) is 0.140. The van der Waals surface area contributed by atoms with Crippen molar-refractivity contribution in [3.8, 4) is 11.5 Å². The van der Waals surface area contributed by atoms with Gasteiger partial charge in [-0.15, -0.1) is 0 Å². The third kappa shape index (κ3) is 18.4. The lowest BCUT2D eigenvalue weighted by atomic mass is 10.2. The van der Waals surface area contributed by atoms with Crippen LogP contribution in [0, 0.1) is 36.4 Å². The molecule has 0 saturated heterocycles. The highest BCUT2D eigenvalue weighted by Crippen LogP contribution is 2.09. The lowest BCUT2D eigenvalue weighted by Crippen LogP contribution is -1.94. The Balaban J connectivity index is 0.000000202. The molecule has 48 heavy (non-hydrogen) atoms. The first-order valence-electron chi connectivity index (χ1n) is 15.5. The average Bonchev–Trinajstić information content (AvgIpc) is 3.58. The molecule has 0 amide bonds. The van der Waals surface area contributed by atoms with Gasteiger partial charge < -0.3 is 15.2 Å². The summed E-state index contributed by atoms with van der Waals surface area (Å²) in [6.45, 7) is 3.49. The van der Waals surface area contributed by atoms with Crippen molar-refractivity contribution in [3.05, 3.63) is 200 Å². The summed E-state index contributed by atoms with van der Waals surface area (Å²) in [7, 11) is 3.57. The molecule has 0 spiro atoms. The van der Waals surface area contributed by atoms with Gasteiger partial charge >= 0.3 is 0 Å². The molecule has 0 aliphatic carbocycles. The van der Waals surface area contributed by atoms with Gasteiger partial charge in [0.2, 0.25) is 0 Å². The minimum atomic E-state index is 0.608. The lowest BCUT2D eigenvalue weighted by molar-refractivity contribution is 0.317. The van der Waals surface area contributed by atoms with Crippen LogP contribution < -0.4 is 15.2 Å². The number of rotatable bonds is 5. The monoisotopic (exact) mass is 633 g/mol. The molecule has 6 radical (unpaired) electrons. The van der Waals surface area contributed by atoms with Crippen molar-refractivity contribution in [3.63, 3.8) is 0 Å². The smallest absolute Gasteiger partial charge is 0.119 e. The van der Waals surface area contributed by atoms with Crippen LogP contribution in [0.15, 0.2) is 158 Å². The van der Waals surface area contributed by atoms with E-state index in [1.54, 1.807) is 13.2 Å². The highest BCUT2D eigenvalue weighted by molar-refractivity contribution is 5.77.